The van der Waals surface area contributed by atoms with Crippen molar-refractivity contribution in [2.24, 2.45) is 0 Å². The molecule has 0 radical (unpaired) electrons. The zero-order valence-corrected chi connectivity index (χ0v) is 29.6. The number of anilines is 3. The third-order valence-electron chi connectivity index (χ3n) is 10.5. The summed E-state index contributed by atoms with van der Waals surface area (Å²) < 4.78 is 6.47. The Kier molecular flexibility index (Phi) is 7.85. The van der Waals surface area contributed by atoms with E-state index in [-0.39, 0.29) is 0 Å². The summed E-state index contributed by atoms with van der Waals surface area (Å²) in [7, 11) is 0. The van der Waals surface area contributed by atoms with Crippen LogP contribution in [-0.2, 0) is 0 Å². The fourth-order valence-electron chi connectivity index (χ4n) is 7.79. The number of rotatable bonds is 7. The summed E-state index contributed by atoms with van der Waals surface area (Å²) in [6, 6.07) is 75.8. The van der Waals surface area contributed by atoms with Crippen molar-refractivity contribution in [2.75, 3.05) is 4.90 Å². The average Bonchev–Trinajstić information content (AvgIpc) is 3.64. The Hall–Kier alpha value is -7.16. The van der Waals surface area contributed by atoms with Gasteiger partial charge in [-0.25, -0.2) is 0 Å². The van der Waals surface area contributed by atoms with Crippen molar-refractivity contribution in [3.63, 3.8) is 0 Å². The maximum absolute atomic E-state index is 6.47. The summed E-state index contributed by atoms with van der Waals surface area (Å²) in [6.45, 7) is 0. The van der Waals surface area contributed by atoms with Gasteiger partial charge in [-0.2, -0.15) is 0 Å². The second-order valence-electron chi connectivity index (χ2n) is 13.7. The highest BCUT2D eigenvalue weighted by atomic mass is 16.3. The molecule has 0 spiro atoms. The number of hydrogen-bond acceptors (Lipinski definition) is 2. The lowest BCUT2D eigenvalue weighted by atomic mass is 9.97. The van der Waals surface area contributed by atoms with Gasteiger partial charge in [-0.05, 0) is 92.2 Å². The van der Waals surface area contributed by atoms with E-state index < -0.39 is 0 Å². The predicted molar refractivity (Wildman–Crippen MR) is 228 cm³/mol. The van der Waals surface area contributed by atoms with Crippen LogP contribution in [0.4, 0.5) is 17.1 Å². The topological polar surface area (TPSA) is 16.4 Å². The van der Waals surface area contributed by atoms with Gasteiger partial charge in [0.2, 0.25) is 0 Å². The van der Waals surface area contributed by atoms with E-state index in [1.54, 1.807) is 0 Å². The lowest BCUT2D eigenvalue weighted by Crippen LogP contribution is -2.10. The summed E-state index contributed by atoms with van der Waals surface area (Å²) in [5, 5.41) is 4.76. The van der Waals surface area contributed by atoms with Gasteiger partial charge in [0.25, 0.3) is 0 Å². The zero-order chi connectivity index (χ0) is 35.8. The molecule has 9 aromatic carbocycles. The summed E-state index contributed by atoms with van der Waals surface area (Å²) in [5.74, 6) is 0. The van der Waals surface area contributed by atoms with Crippen LogP contribution in [0.2, 0.25) is 0 Å². The molecule has 0 aliphatic rings. The molecule has 2 nitrogen and oxygen atoms in total. The molecule has 254 valence electrons. The molecular formula is C52H35NO. The van der Waals surface area contributed by atoms with Gasteiger partial charge in [0.05, 0.1) is 0 Å². The Labute approximate surface area is 314 Å². The fourth-order valence-corrected chi connectivity index (χ4v) is 7.79. The third kappa shape index (κ3) is 5.71. The summed E-state index contributed by atoms with van der Waals surface area (Å²) in [5.41, 5.74) is 14.4. The zero-order valence-electron chi connectivity index (χ0n) is 29.6. The van der Waals surface area contributed by atoms with Gasteiger partial charge in [-0.15, -0.1) is 0 Å². The Morgan fingerprint density at radius 1 is 0.296 bits per heavy atom. The molecule has 0 amide bonds. The number of furan rings is 1. The second kappa shape index (κ2) is 13.4. The van der Waals surface area contributed by atoms with Crippen molar-refractivity contribution in [3.8, 4) is 44.5 Å². The first-order valence-electron chi connectivity index (χ1n) is 18.4. The van der Waals surface area contributed by atoms with E-state index in [2.05, 4.69) is 205 Å². The Morgan fingerprint density at radius 3 is 1.54 bits per heavy atom. The standard InChI is InChI=1S/C52H35NO/c1-2-11-36(12-3-1)37-23-25-38(26-24-37)39-27-31-43(32-28-39)53(44-33-29-41(30-34-44)47-19-9-14-40-13-4-5-17-46(40)47)45-16-8-15-42(35-45)48-20-10-21-50-49-18-6-7-22-51(49)54-52(48)50/h1-35H. The van der Waals surface area contributed by atoms with E-state index in [0.29, 0.717) is 0 Å². The summed E-state index contributed by atoms with van der Waals surface area (Å²) in [6.07, 6.45) is 0. The molecule has 0 saturated heterocycles. The highest BCUT2D eigenvalue weighted by molar-refractivity contribution is 6.09. The predicted octanol–water partition coefficient (Wildman–Crippen LogP) is 14.9. The number of hydrogen-bond donors (Lipinski definition) is 0. The van der Waals surface area contributed by atoms with Crippen molar-refractivity contribution in [2.45, 2.75) is 0 Å². The third-order valence-corrected chi connectivity index (χ3v) is 10.5. The lowest BCUT2D eigenvalue weighted by Gasteiger charge is -2.26. The van der Waals surface area contributed by atoms with Crippen LogP contribution in [0.1, 0.15) is 0 Å². The molecule has 10 rings (SSSR count). The van der Waals surface area contributed by atoms with Gasteiger partial charge in [-0.1, -0.05) is 170 Å². The molecule has 1 heterocycles. The van der Waals surface area contributed by atoms with E-state index >= 15 is 0 Å². The van der Waals surface area contributed by atoms with Crippen LogP contribution in [0, 0.1) is 0 Å². The van der Waals surface area contributed by atoms with E-state index in [4.69, 9.17) is 4.42 Å². The molecule has 0 unspecified atom stereocenters. The molecule has 0 aliphatic carbocycles. The van der Waals surface area contributed by atoms with Crippen molar-refractivity contribution in [1.29, 1.82) is 0 Å². The largest absolute Gasteiger partial charge is 0.455 e. The van der Waals surface area contributed by atoms with Crippen LogP contribution in [-0.4, -0.2) is 0 Å². The molecule has 0 aliphatic heterocycles. The molecule has 54 heavy (non-hydrogen) atoms. The molecule has 0 fully saturated rings. The first kappa shape index (κ1) is 31.6. The van der Waals surface area contributed by atoms with Gasteiger partial charge in [0.15, 0.2) is 0 Å². The van der Waals surface area contributed by atoms with Crippen LogP contribution in [0.25, 0.3) is 77.2 Å². The summed E-state index contributed by atoms with van der Waals surface area (Å²) >= 11 is 0. The van der Waals surface area contributed by atoms with Crippen LogP contribution in [0.5, 0.6) is 0 Å². The number of benzene rings is 9. The minimum Gasteiger partial charge on any atom is -0.455 e. The maximum atomic E-state index is 6.47. The normalized spacial score (nSPS) is 11.3. The van der Waals surface area contributed by atoms with E-state index in [0.717, 1.165) is 50.1 Å². The first-order valence-corrected chi connectivity index (χ1v) is 18.4. The summed E-state index contributed by atoms with van der Waals surface area (Å²) in [4.78, 5) is 2.34. The van der Waals surface area contributed by atoms with Gasteiger partial charge < -0.3 is 9.32 Å². The van der Waals surface area contributed by atoms with Gasteiger partial charge >= 0.3 is 0 Å². The Morgan fingerprint density at radius 2 is 0.796 bits per heavy atom. The van der Waals surface area contributed by atoms with Crippen LogP contribution in [0.15, 0.2) is 217 Å². The number of para-hydroxylation sites is 2. The Balaban J connectivity index is 1.06. The molecule has 1 aromatic heterocycles. The smallest absolute Gasteiger partial charge is 0.143 e. The molecule has 0 bridgehead atoms. The molecule has 0 atom stereocenters. The van der Waals surface area contributed by atoms with Crippen molar-refractivity contribution in [3.05, 3.63) is 212 Å². The number of fused-ring (bicyclic) bond motifs is 4. The first-order chi connectivity index (χ1) is 26.8. The quantitative estimate of drug-likeness (QED) is 0.166. The van der Waals surface area contributed by atoms with Crippen molar-refractivity contribution < 1.29 is 4.42 Å². The second-order valence-corrected chi connectivity index (χ2v) is 13.7. The van der Waals surface area contributed by atoms with Crippen LogP contribution < -0.4 is 4.90 Å². The number of nitrogens with zero attached hydrogens (tertiary/aromatic N) is 1. The van der Waals surface area contributed by atoms with Crippen LogP contribution in [0.3, 0.4) is 0 Å². The highest BCUT2D eigenvalue weighted by Crippen LogP contribution is 2.41. The fraction of sp³-hybridized carbons (Fsp3) is 0. The van der Waals surface area contributed by atoms with Crippen molar-refractivity contribution in [1.82, 2.24) is 0 Å². The minimum absolute atomic E-state index is 0.902. The molecule has 10 aromatic rings. The molecule has 0 saturated carbocycles. The molecule has 2 heteroatoms. The van der Waals surface area contributed by atoms with Gasteiger partial charge in [0.1, 0.15) is 11.2 Å². The van der Waals surface area contributed by atoms with Crippen molar-refractivity contribution >= 4 is 49.8 Å². The van der Waals surface area contributed by atoms with Crippen LogP contribution >= 0.6 is 0 Å². The monoisotopic (exact) mass is 689 g/mol. The van der Waals surface area contributed by atoms with E-state index in [9.17, 15) is 0 Å². The van der Waals surface area contributed by atoms with Gasteiger partial charge in [0, 0.05) is 33.4 Å². The SMILES string of the molecule is c1ccc(-c2ccc(-c3ccc(N(c4ccc(-c5cccc6ccccc56)cc4)c4cccc(-c5cccc6c5oc5ccccc56)c4)cc3)cc2)cc1. The maximum Gasteiger partial charge on any atom is 0.143 e. The van der Waals surface area contributed by atoms with Gasteiger partial charge in [-0.3, -0.25) is 0 Å². The molecular weight excluding hydrogens is 655 g/mol. The van der Waals surface area contributed by atoms with E-state index in [1.165, 1.54) is 44.2 Å². The average molecular weight is 690 g/mol. The molecule has 0 N–H and O–H groups in total. The lowest BCUT2D eigenvalue weighted by molar-refractivity contribution is 0.670. The van der Waals surface area contributed by atoms with E-state index in [1.807, 2.05) is 12.1 Å². The highest BCUT2D eigenvalue weighted by Gasteiger charge is 2.17. The Bertz CT molecular complexity index is 2900. The minimum atomic E-state index is 0.902.